The Labute approximate surface area is 826 Å². The number of methoxy groups -OCH3 is 2. The number of nitrogens with zero attached hydrogens (tertiary/aromatic N) is 12. The van der Waals surface area contributed by atoms with Crippen molar-refractivity contribution in [2.75, 3.05) is 211 Å². The van der Waals surface area contributed by atoms with E-state index >= 15 is 0 Å². The van der Waals surface area contributed by atoms with Crippen molar-refractivity contribution in [3.05, 3.63) is 347 Å². The average molecular weight is 1980 g/mol. The number of hydrogen-bond acceptors (Lipinski definition) is 20. The number of hydrogen-bond donors (Lipinski definition) is 6. The second kappa shape index (κ2) is 81.0. The van der Waals surface area contributed by atoms with Gasteiger partial charge in [-0.05, 0) is 59.8 Å². The zero-order valence-corrected chi connectivity index (χ0v) is 82.8. The molecular formula is C102H142N12O24P2. The molecule has 0 radical (unpaired) electrons. The molecule has 2 rings (SSSR count). The lowest BCUT2D eigenvalue weighted by molar-refractivity contribution is -0.127. The number of aliphatic hydroxyl groups excluding tert-OH is 2. The Morgan fingerprint density at radius 3 is 0.800 bits per heavy atom. The van der Waals surface area contributed by atoms with Crippen LogP contribution in [0.4, 0.5) is 0 Å². The van der Waals surface area contributed by atoms with Gasteiger partial charge in [0.15, 0.2) is 0 Å². The van der Waals surface area contributed by atoms with Gasteiger partial charge in [-0.1, -0.05) is 224 Å². The second-order valence-electron chi connectivity index (χ2n) is 28.4. The van der Waals surface area contributed by atoms with Gasteiger partial charge in [-0.2, -0.15) is 0 Å². The van der Waals surface area contributed by atoms with Crippen molar-refractivity contribution in [3.8, 4) is 11.8 Å². The molecule has 38 heteroatoms. The molecule has 36 nitrogen and oxygen atoms in total. The zero-order valence-electron chi connectivity index (χ0n) is 81.0. The van der Waals surface area contributed by atoms with Crippen LogP contribution >= 0.6 is 15.6 Å². The molecule has 2 aliphatic rings. The van der Waals surface area contributed by atoms with Crippen molar-refractivity contribution in [1.29, 1.82) is 0 Å². The van der Waals surface area contributed by atoms with Crippen LogP contribution in [0.25, 0.3) is 0 Å². The van der Waals surface area contributed by atoms with Gasteiger partial charge in [0.2, 0.25) is 47.3 Å². The van der Waals surface area contributed by atoms with Crippen molar-refractivity contribution in [3.63, 3.8) is 0 Å². The molecule has 0 fully saturated rings. The van der Waals surface area contributed by atoms with E-state index in [1.165, 1.54) is 92.2 Å². The van der Waals surface area contributed by atoms with Gasteiger partial charge in [0.1, 0.15) is 0 Å². The number of phosphoric acid groups is 2. The van der Waals surface area contributed by atoms with E-state index in [0.717, 1.165) is 23.3 Å². The summed E-state index contributed by atoms with van der Waals surface area (Å²) in [5.41, 5.74) is 3.08. The molecule has 140 heavy (non-hydrogen) atoms. The third-order valence-electron chi connectivity index (χ3n) is 17.9. The minimum absolute atomic E-state index is 0.0461. The van der Waals surface area contributed by atoms with Crippen LogP contribution in [0, 0.1) is 11.8 Å². The largest absolute Gasteiger partial charge is 0.469 e. The van der Waals surface area contributed by atoms with E-state index in [1.807, 2.05) is 60.8 Å². The normalized spacial score (nSPS) is 12.1. The predicted molar refractivity (Wildman–Crippen MR) is 551 cm³/mol. The molecule has 6 N–H and O–H groups in total. The van der Waals surface area contributed by atoms with Crippen molar-refractivity contribution in [1.82, 2.24) is 58.8 Å². The summed E-state index contributed by atoms with van der Waals surface area (Å²) < 4.78 is 39.8. The molecule has 0 saturated carbocycles. The topological polar surface area (TPSA) is 436 Å². The van der Waals surface area contributed by atoms with Gasteiger partial charge >= 0.3 is 15.6 Å². The number of allylic oxidation sites excluding steroid dienone is 2. The third kappa shape index (κ3) is 61.2. The minimum atomic E-state index is -4.65. The lowest BCUT2D eigenvalue weighted by Crippen LogP contribution is -2.37. The Morgan fingerprint density at radius 2 is 0.564 bits per heavy atom. The average Bonchev–Trinajstić information content (AvgIpc) is 0.830. The van der Waals surface area contributed by atoms with Gasteiger partial charge in [-0.25, -0.2) is 9.13 Å². The van der Waals surface area contributed by atoms with E-state index < -0.39 is 53.9 Å². The van der Waals surface area contributed by atoms with E-state index in [-0.39, 0.29) is 123 Å². The first-order chi connectivity index (χ1) is 66.6. The molecule has 0 saturated heterocycles. The van der Waals surface area contributed by atoms with Crippen molar-refractivity contribution in [2.24, 2.45) is 0 Å². The Hall–Kier alpha value is -14.0. The van der Waals surface area contributed by atoms with Crippen LogP contribution in [-0.4, -0.2) is 370 Å². The number of carbonyl (C=O) groups is 12. The van der Waals surface area contributed by atoms with Gasteiger partial charge in [0.05, 0.1) is 52.7 Å². The van der Waals surface area contributed by atoms with Crippen LogP contribution < -0.4 is 0 Å². The van der Waals surface area contributed by atoms with Crippen LogP contribution in [0.2, 0.25) is 0 Å². The highest BCUT2D eigenvalue weighted by Gasteiger charge is 2.24. The maximum Gasteiger partial charge on any atom is 0.469 e. The Bertz CT molecular complexity index is 4440. The molecule has 0 aromatic heterocycles. The molecule has 12 amide bonds. The van der Waals surface area contributed by atoms with Gasteiger partial charge in [-0.15, -0.1) is 52.6 Å². The monoisotopic (exact) mass is 1980 g/mol. The molecular weight excluding hydrogens is 1840 g/mol. The minimum Gasteiger partial charge on any atom is -0.391 e. The van der Waals surface area contributed by atoms with Crippen LogP contribution in [-0.2, 0) is 85.2 Å². The molecule has 0 unspecified atom stereocenters. The van der Waals surface area contributed by atoms with Crippen LogP contribution in [0.3, 0.4) is 0 Å². The van der Waals surface area contributed by atoms with Crippen molar-refractivity contribution >= 4 is 86.5 Å². The number of rotatable bonds is 61. The molecule has 0 aromatic carbocycles. The van der Waals surface area contributed by atoms with Crippen molar-refractivity contribution < 1.29 is 115 Å². The molecule has 0 spiro atoms. The number of carbonyl (C=O) groups excluding carboxylic acids is 12. The predicted octanol–water partition coefficient (Wildman–Crippen LogP) is 7.78. The third-order valence-corrected chi connectivity index (χ3v) is 18.9. The van der Waals surface area contributed by atoms with Gasteiger partial charge in [0, 0.05) is 180 Å². The Morgan fingerprint density at radius 1 is 0.336 bits per heavy atom. The summed E-state index contributed by atoms with van der Waals surface area (Å²) in [6.45, 7) is 77.8. The van der Waals surface area contributed by atoms with Crippen LogP contribution in [0.15, 0.2) is 347 Å². The van der Waals surface area contributed by atoms with Crippen LogP contribution in [0.5, 0.6) is 0 Å². The Kier molecular flexibility index (Phi) is 76.5. The molecule has 764 valence electrons. The fourth-order valence-electron chi connectivity index (χ4n) is 10.9. The maximum atomic E-state index is 12.3. The zero-order chi connectivity index (χ0) is 107. The highest BCUT2D eigenvalue weighted by Crippen LogP contribution is 2.36. The first-order valence-corrected chi connectivity index (χ1v) is 46.1. The summed E-state index contributed by atoms with van der Waals surface area (Å²) in [7, 11) is -6.27. The second-order valence-corrected chi connectivity index (χ2v) is 30.9. The van der Waals surface area contributed by atoms with Crippen molar-refractivity contribution in [2.45, 2.75) is 0 Å². The van der Waals surface area contributed by atoms with Gasteiger partial charge in [0.25, 0.3) is 23.6 Å². The highest BCUT2D eigenvalue weighted by atomic mass is 31.2. The molecule has 0 atom stereocenters. The van der Waals surface area contributed by atoms with E-state index in [4.69, 9.17) is 39.3 Å². The van der Waals surface area contributed by atoms with Gasteiger partial charge in [-0.3, -0.25) is 66.6 Å². The summed E-state index contributed by atoms with van der Waals surface area (Å²) in [6.07, 6.45) is 48.2. The first-order valence-electron chi connectivity index (χ1n) is 43.0. The summed E-state index contributed by atoms with van der Waals surface area (Å²) in [5.74, 6) is 2.79. The summed E-state index contributed by atoms with van der Waals surface area (Å²) in [5, 5.41) is 18.0. The molecule has 2 aliphatic heterocycles. The standard InChI is InChI=1S/C20H30N2O4.C18H26N2O4.C18H24N2O2.C16H18N2O2.C16H20N2O2.C14H24N2O10P2/c1-7-11-21(19(23)17(3)15-25-5)13-9-10-14-22(12-8-2)20(24)18(4)16-26-6;1-5-9-19(17(23)15(3)13-21)11-7-8-12-20(10-6-2)18(24)16(4)14-22;1-5-13-19(17(21)7-3)15-11-9-10-12-16-20(14-6-2)18(22)8-4;1-3-15(19)17-9-5-7-13(11-17)14-8-6-10-18(12-14)16(20)4-2;1-5-11-17(15(19)7-3)13-9-10-14-18(12-6-2)16(20)8-4;1-3-13(17)15(9-11-25-27(19,20)21)7-5-6-8-16(14(18)4-2)10-12-26-28(22,23)24/h7-10H,1-4,11-16H2,5-6H3;5-8,21-22H,1-4,9-14H2;5-12H,1-4,13-16H2;3-8H,1-2,9-12H2;5-8H,1-4,11-14H2;3-6H,1-2,7-12H2,(H2,19,20,21)(H2,22,23,24)/b10-9+;8-7+;11-9+,12-10+;14-13+;;6-5+. The number of amides is 12. The quantitative estimate of drug-likeness (QED) is 0.0111. The first kappa shape index (κ1) is 132. The highest BCUT2D eigenvalue weighted by molar-refractivity contribution is 7.46. The smallest absolute Gasteiger partial charge is 0.391 e. The van der Waals surface area contributed by atoms with E-state index in [0.29, 0.717) is 129 Å². The lowest BCUT2D eigenvalue weighted by Gasteiger charge is -2.29. The van der Waals surface area contributed by atoms with Crippen LogP contribution in [0.1, 0.15) is 0 Å². The summed E-state index contributed by atoms with van der Waals surface area (Å²) >= 11 is 0. The number of aliphatic hydroxyl groups is 2. The maximum absolute atomic E-state index is 12.3. The Balaban J connectivity index is -0.000000796. The summed E-state index contributed by atoms with van der Waals surface area (Å²) in [6, 6.07) is 0. The molecule has 0 aliphatic carbocycles. The number of ether oxygens (including phenoxy) is 2. The molecule has 2 heterocycles. The summed E-state index contributed by atoms with van der Waals surface area (Å²) in [4.78, 5) is 194. The SMILES string of the molecule is C=CC(=O)N(C/C=C/CN(CCOP(=O)(O)O)C(=O)C=C)CCOP(=O)(O)O.C=CC(=O)N1CC=C/C(=C2/C=CCN(C(=O)C=C)C2)C1.C=CCN(C/C=C/C=C/CN(CC=C)C(=O)C=C)C(=O)C=C.C=CCN(C/C=C/CN(CC=C)C(=O)C(=C)CO)C(=O)C(=C)CO.C=CCN(C/C=C/CN(CC=C)C(=O)C(=C)COC)C(=O)C(=C)COC.C=CCN(CC#CCN(CC=C)C(=O)C=C)C(=O)C=C. The van der Waals surface area contributed by atoms with E-state index in [1.54, 1.807) is 90.2 Å². The molecule has 0 aromatic rings. The fraction of sp³-hybridized carbons (Fsp3) is 0.314. The lowest BCUT2D eigenvalue weighted by atomic mass is 10.0. The molecule has 0 bridgehead atoms. The van der Waals surface area contributed by atoms with E-state index in [9.17, 15) is 66.7 Å². The van der Waals surface area contributed by atoms with E-state index in [2.05, 4.69) is 152 Å². The number of phosphoric ester groups is 2. The fourth-order valence-corrected chi connectivity index (χ4v) is 11.6. The van der Waals surface area contributed by atoms with Gasteiger partial charge < -0.3 is 98.1 Å².